The lowest BCUT2D eigenvalue weighted by Crippen LogP contribution is -2.33. The molecule has 1 saturated carbocycles. The summed E-state index contributed by atoms with van der Waals surface area (Å²) in [5.41, 5.74) is 0. The van der Waals surface area contributed by atoms with Gasteiger partial charge in [0.05, 0.1) is 6.54 Å². The number of rotatable bonds is 5. The normalized spacial score (nSPS) is 19.1. The quantitative estimate of drug-likeness (QED) is 0.859. The number of carbonyl (C=O) groups is 1. The van der Waals surface area contributed by atoms with E-state index >= 15 is 0 Å². The first-order chi connectivity index (χ1) is 10.3. The summed E-state index contributed by atoms with van der Waals surface area (Å²) in [5.74, 6) is 3.27. The number of hydrogen-bond donors (Lipinski definition) is 2. The van der Waals surface area contributed by atoms with Crippen molar-refractivity contribution in [3.8, 4) is 0 Å². The van der Waals surface area contributed by atoms with Gasteiger partial charge in [-0.25, -0.2) is 9.97 Å². The summed E-state index contributed by atoms with van der Waals surface area (Å²) in [5, 5.41) is 6.25. The number of carbonyl (C=O) groups excluding carboxylic acids is 1. The van der Waals surface area contributed by atoms with Crippen molar-refractivity contribution in [1.82, 2.24) is 15.3 Å². The summed E-state index contributed by atoms with van der Waals surface area (Å²) >= 11 is 0. The number of amides is 1. The molecule has 0 unspecified atom stereocenters. The Morgan fingerprint density at radius 3 is 3.05 bits per heavy atom. The standard InChI is InChI=1S/C15H23N5O/c1-2-6-16-12-9-13(19-15(18-12)11-4-5-11)20-8-3-7-17-14(21)10-20/h9,11H,2-8,10H2,1H3,(H,17,21)(H,16,18,19). The minimum atomic E-state index is 0.0714. The summed E-state index contributed by atoms with van der Waals surface area (Å²) in [4.78, 5) is 23.1. The molecule has 6 nitrogen and oxygen atoms in total. The van der Waals surface area contributed by atoms with Crippen molar-refractivity contribution in [3.63, 3.8) is 0 Å². The van der Waals surface area contributed by atoms with E-state index in [-0.39, 0.29) is 5.91 Å². The van der Waals surface area contributed by atoms with Crippen LogP contribution in [0.25, 0.3) is 0 Å². The van der Waals surface area contributed by atoms with Gasteiger partial charge >= 0.3 is 0 Å². The van der Waals surface area contributed by atoms with Gasteiger partial charge in [-0.3, -0.25) is 4.79 Å². The Labute approximate surface area is 125 Å². The number of anilines is 2. The summed E-state index contributed by atoms with van der Waals surface area (Å²) < 4.78 is 0. The highest BCUT2D eigenvalue weighted by Gasteiger charge is 2.28. The molecule has 2 N–H and O–H groups in total. The molecule has 0 spiro atoms. The average molecular weight is 289 g/mol. The lowest BCUT2D eigenvalue weighted by Gasteiger charge is -2.21. The van der Waals surface area contributed by atoms with E-state index in [4.69, 9.17) is 4.98 Å². The van der Waals surface area contributed by atoms with Gasteiger partial charge in [0, 0.05) is 31.6 Å². The largest absolute Gasteiger partial charge is 0.370 e. The highest BCUT2D eigenvalue weighted by Crippen LogP contribution is 2.39. The first-order valence-electron chi connectivity index (χ1n) is 7.90. The molecule has 114 valence electrons. The maximum absolute atomic E-state index is 11.7. The van der Waals surface area contributed by atoms with E-state index in [0.717, 1.165) is 49.9 Å². The summed E-state index contributed by atoms with van der Waals surface area (Å²) in [7, 11) is 0. The van der Waals surface area contributed by atoms with Crippen LogP contribution in [0.2, 0.25) is 0 Å². The minimum Gasteiger partial charge on any atom is -0.370 e. The molecule has 1 aromatic heterocycles. The zero-order chi connectivity index (χ0) is 14.7. The zero-order valence-electron chi connectivity index (χ0n) is 12.6. The van der Waals surface area contributed by atoms with E-state index in [0.29, 0.717) is 12.5 Å². The zero-order valence-corrected chi connectivity index (χ0v) is 12.6. The summed E-state index contributed by atoms with van der Waals surface area (Å²) in [6.07, 6.45) is 4.37. The van der Waals surface area contributed by atoms with Crippen molar-refractivity contribution in [2.45, 2.75) is 38.5 Å². The van der Waals surface area contributed by atoms with Crippen molar-refractivity contribution in [3.05, 3.63) is 11.9 Å². The minimum absolute atomic E-state index is 0.0714. The van der Waals surface area contributed by atoms with Crippen LogP contribution in [0.5, 0.6) is 0 Å². The van der Waals surface area contributed by atoms with Gasteiger partial charge in [0.1, 0.15) is 17.5 Å². The predicted octanol–water partition coefficient (Wildman–Crippen LogP) is 1.50. The van der Waals surface area contributed by atoms with Crippen LogP contribution in [0.3, 0.4) is 0 Å². The molecule has 1 aliphatic heterocycles. The van der Waals surface area contributed by atoms with E-state index in [1.807, 2.05) is 6.07 Å². The Hall–Kier alpha value is -1.85. The molecule has 2 heterocycles. The molecule has 0 bridgehead atoms. The molecule has 2 aliphatic rings. The SMILES string of the molecule is CCCNc1cc(N2CCCNC(=O)C2)nc(C2CC2)n1. The molecule has 0 atom stereocenters. The second kappa shape index (κ2) is 6.28. The predicted molar refractivity (Wildman–Crippen MR) is 82.6 cm³/mol. The first-order valence-corrected chi connectivity index (χ1v) is 7.90. The number of hydrogen-bond acceptors (Lipinski definition) is 5. The Kier molecular flexibility index (Phi) is 4.22. The van der Waals surface area contributed by atoms with Crippen molar-refractivity contribution >= 4 is 17.5 Å². The highest BCUT2D eigenvalue weighted by atomic mass is 16.2. The van der Waals surface area contributed by atoms with Crippen LogP contribution >= 0.6 is 0 Å². The first kappa shape index (κ1) is 14.1. The van der Waals surface area contributed by atoms with E-state index in [1.54, 1.807) is 0 Å². The molecule has 0 aromatic carbocycles. The maximum Gasteiger partial charge on any atom is 0.239 e. The smallest absolute Gasteiger partial charge is 0.239 e. The van der Waals surface area contributed by atoms with Gasteiger partial charge in [0.25, 0.3) is 0 Å². The second-order valence-electron chi connectivity index (χ2n) is 5.80. The van der Waals surface area contributed by atoms with Gasteiger partial charge in [-0.2, -0.15) is 0 Å². The van der Waals surface area contributed by atoms with E-state index < -0.39 is 0 Å². The molecule has 1 aliphatic carbocycles. The van der Waals surface area contributed by atoms with E-state index in [1.165, 1.54) is 12.8 Å². The molecule has 3 rings (SSSR count). The fraction of sp³-hybridized carbons (Fsp3) is 0.667. The Morgan fingerprint density at radius 2 is 2.29 bits per heavy atom. The molecule has 1 amide bonds. The summed E-state index contributed by atoms with van der Waals surface area (Å²) in [6, 6.07) is 1.97. The van der Waals surface area contributed by atoms with Gasteiger partial charge in [-0.1, -0.05) is 6.92 Å². The molecule has 1 aromatic rings. The Morgan fingerprint density at radius 1 is 1.43 bits per heavy atom. The molecule has 2 fully saturated rings. The van der Waals surface area contributed by atoms with Gasteiger partial charge in [0.2, 0.25) is 5.91 Å². The van der Waals surface area contributed by atoms with Crippen LogP contribution < -0.4 is 15.5 Å². The van der Waals surface area contributed by atoms with Crippen LogP contribution in [0.4, 0.5) is 11.6 Å². The molecular formula is C15H23N5O. The Bertz CT molecular complexity index is 515. The summed E-state index contributed by atoms with van der Waals surface area (Å²) in [6.45, 7) is 5.02. The average Bonchev–Trinajstić information content (AvgIpc) is 3.32. The van der Waals surface area contributed by atoms with Crippen LogP contribution in [-0.4, -0.2) is 42.1 Å². The fourth-order valence-electron chi connectivity index (χ4n) is 2.48. The van der Waals surface area contributed by atoms with Crippen molar-refractivity contribution in [2.24, 2.45) is 0 Å². The highest BCUT2D eigenvalue weighted by molar-refractivity contribution is 5.81. The lowest BCUT2D eigenvalue weighted by atomic mass is 10.3. The van der Waals surface area contributed by atoms with Crippen molar-refractivity contribution in [1.29, 1.82) is 0 Å². The van der Waals surface area contributed by atoms with Crippen molar-refractivity contribution in [2.75, 3.05) is 36.4 Å². The Balaban J connectivity index is 1.84. The number of aromatic nitrogens is 2. The van der Waals surface area contributed by atoms with Crippen LogP contribution in [0.15, 0.2) is 6.07 Å². The molecule has 1 saturated heterocycles. The topological polar surface area (TPSA) is 70.2 Å². The number of nitrogens with zero attached hydrogens (tertiary/aromatic N) is 3. The molecule has 6 heteroatoms. The van der Waals surface area contributed by atoms with Crippen LogP contribution in [0, 0.1) is 0 Å². The third kappa shape index (κ3) is 3.62. The lowest BCUT2D eigenvalue weighted by molar-refractivity contribution is -0.119. The van der Waals surface area contributed by atoms with Gasteiger partial charge in [-0.15, -0.1) is 0 Å². The second-order valence-corrected chi connectivity index (χ2v) is 5.80. The maximum atomic E-state index is 11.7. The van der Waals surface area contributed by atoms with Gasteiger partial charge < -0.3 is 15.5 Å². The molecular weight excluding hydrogens is 266 g/mol. The van der Waals surface area contributed by atoms with E-state index in [2.05, 4.69) is 27.4 Å². The van der Waals surface area contributed by atoms with E-state index in [9.17, 15) is 4.79 Å². The fourth-order valence-corrected chi connectivity index (χ4v) is 2.48. The van der Waals surface area contributed by atoms with Crippen LogP contribution in [-0.2, 0) is 4.79 Å². The third-order valence-electron chi connectivity index (χ3n) is 3.81. The molecule has 21 heavy (non-hydrogen) atoms. The third-order valence-corrected chi connectivity index (χ3v) is 3.81. The van der Waals surface area contributed by atoms with Gasteiger partial charge in [0.15, 0.2) is 0 Å². The van der Waals surface area contributed by atoms with Gasteiger partial charge in [-0.05, 0) is 25.7 Å². The molecule has 0 radical (unpaired) electrons. The van der Waals surface area contributed by atoms with Crippen molar-refractivity contribution < 1.29 is 4.79 Å². The number of nitrogens with one attached hydrogen (secondary N) is 2. The van der Waals surface area contributed by atoms with Crippen LogP contribution in [0.1, 0.15) is 44.3 Å². The monoisotopic (exact) mass is 289 g/mol.